The number of nitrogens with zero attached hydrogens (tertiary/aromatic N) is 3. The highest BCUT2D eigenvalue weighted by atomic mass is 19.1. The summed E-state index contributed by atoms with van der Waals surface area (Å²) >= 11 is 0. The van der Waals surface area contributed by atoms with Crippen LogP contribution in [0.4, 0.5) is 4.39 Å². The van der Waals surface area contributed by atoms with Crippen LogP contribution in [0.25, 0.3) is 0 Å². The molecule has 0 saturated heterocycles. The van der Waals surface area contributed by atoms with Gasteiger partial charge in [0, 0.05) is 6.04 Å². The van der Waals surface area contributed by atoms with Crippen LogP contribution < -0.4 is 5.32 Å². The maximum atomic E-state index is 13.0. The molecule has 1 atom stereocenters. The maximum absolute atomic E-state index is 13.0. The van der Waals surface area contributed by atoms with Crippen LogP contribution in [0.15, 0.2) is 30.5 Å². The van der Waals surface area contributed by atoms with E-state index in [1.165, 1.54) is 23.0 Å². The fourth-order valence-electron chi connectivity index (χ4n) is 2.20. The lowest BCUT2D eigenvalue weighted by atomic mass is 9.96. The summed E-state index contributed by atoms with van der Waals surface area (Å²) in [7, 11) is 0. The molecule has 0 saturated carbocycles. The minimum atomic E-state index is -1.20. The Balaban J connectivity index is 1.97. The number of amides is 1. The number of aromatic nitrogens is 3. The molecule has 2 N–H and O–H groups in total. The molecule has 1 heterocycles. The Bertz CT molecular complexity index is 712. The number of rotatable bonds is 7. The summed E-state index contributed by atoms with van der Waals surface area (Å²) in [6.45, 7) is 3.84. The highest BCUT2D eigenvalue weighted by Gasteiger charge is 2.18. The summed E-state index contributed by atoms with van der Waals surface area (Å²) in [5.41, 5.74) is 0.707. The molecule has 1 amide bonds. The highest BCUT2D eigenvalue weighted by molar-refractivity contribution is 5.84. The summed E-state index contributed by atoms with van der Waals surface area (Å²) in [5.74, 6) is -1.62. The van der Waals surface area contributed by atoms with Gasteiger partial charge in [-0.1, -0.05) is 31.2 Å². The van der Waals surface area contributed by atoms with Crippen LogP contribution in [0, 0.1) is 11.7 Å². The van der Waals surface area contributed by atoms with Crippen LogP contribution in [0.2, 0.25) is 0 Å². The van der Waals surface area contributed by atoms with Gasteiger partial charge in [-0.25, -0.2) is 13.9 Å². The second kappa shape index (κ2) is 7.67. The van der Waals surface area contributed by atoms with E-state index in [0.29, 0.717) is 6.42 Å². The van der Waals surface area contributed by atoms with E-state index >= 15 is 0 Å². The molecule has 0 spiro atoms. The first-order chi connectivity index (χ1) is 11.3. The zero-order valence-electron chi connectivity index (χ0n) is 13.4. The number of carbonyl (C=O) groups excluding carboxylic acids is 1. The van der Waals surface area contributed by atoms with Crippen molar-refractivity contribution in [3.8, 4) is 0 Å². The minimum Gasteiger partial charge on any atom is -0.476 e. The molecule has 1 aromatic heterocycles. The quantitative estimate of drug-likeness (QED) is 0.800. The van der Waals surface area contributed by atoms with Gasteiger partial charge >= 0.3 is 5.97 Å². The minimum absolute atomic E-state index is 0.118. The highest BCUT2D eigenvalue weighted by Crippen LogP contribution is 2.11. The molecule has 2 aromatic rings. The van der Waals surface area contributed by atoms with E-state index in [2.05, 4.69) is 15.6 Å². The lowest BCUT2D eigenvalue weighted by Crippen LogP contribution is -2.41. The van der Waals surface area contributed by atoms with Gasteiger partial charge in [0.1, 0.15) is 12.4 Å². The number of hydrogen-bond donors (Lipinski definition) is 2. The number of benzene rings is 1. The van der Waals surface area contributed by atoms with Gasteiger partial charge in [-0.2, -0.15) is 0 Å². The van der Waals surface area contributed by atoms with Crippen LogP contribution >= 0.6 is 0 Å². The largest absolute Gasteiger partial charge is 0.476 e. The van der Waals surface area contributed by atoms with Gasteiger partial charge in [0.25, 0.3) is 0 Å². The van der Waals surface area contributed by atoms with Crippen molar-refractivity contribution in [1.29, 1.82) is 0 Å². The zero-order chi connectivity index (χ0) is 17.7. The Morgan fingerprint density at radius 1 is 1.29 bits per heavy atom. The summed E-state index contributed by atoms with van der Waals surface area (Å²) in [6, 6.07) is 6.01. The molecular weight excluding hydrogens is 315 g/mol. The van der Waals surface area contributed by atoms with E-state index < -0.39 is 5.97 Å². The van der Waals surface area contributed by atoms with E-state index in [9.17, 15) is 14.0 Å². The predicted octanol–water partition coefficient (Wildman–Crippen LogP) is 1.50. The Hall–Kier alpha value is -2.77. The first-order valence-corrected chi connectivity index (χ1v) is 7.52. The third-order valence-electron chi connectivity index (χ3n) is 3.58. The molecule has 0 fully saturated rings. The van der Waals surface area contributed by atoms with Crippen molar-refractivity contribution in [1.82, 2.24) is 20.3 Å². The number of aromatic carboxylic acids is 1. The monoisotopic (exact) mass is 334 g/mol. The van der Waals surface area contributed by atoms with Gasteiger partial charge in [0.2, 0.25) is 5.91 Å². The van der Waals surface area contributed by atoms with Gasteiger partial charge in [0.05, 0.1) is 6.20 Å². The molecule has 128 valence electrons. The summed E-state index contributed by atoms with van der Waals surface area (Å²) in [5, 5.41) is 18.8. The van der Waals surface area contributed by atoms with Gasteiger partial charge in [-0.05, 0) is 30.0 Å². The van der Waals surface area contributed by atoms with E-state index in [1.54, 1.807) is 12.1 Å². The van der Waals surface area contributed by atoms with Crippen LogP contribution in [0.5, 0.6) is 0 Å². The second-order valence-corrected chi connectivity index (χ2v) is 5.86. The smallest absolute Gasteiger partial charge is 0.358 e. The van der Waals surface area contributed by atoms with E-state index in [-0.39, 0.29) is 35.9 Å². The van der Waals surface area contributed by atoms with Crippen LogP contribution in [-0.2, 0) is 17.8 Å². The zero-order valence-corrected chi connectivity index (χ0v) is 13.4. The van der Waals surface area contributed by atoms with E-state index in [1.807, 2.05) is 13.8 Å². The average Bonchev–Trinajstić information content (AvgIpc) is 2.97. The van der Waals surface area contributed by atoms with Crippen molar-refractivity contribution >= 4 is 11.9 Å². The second-order valence-electron chi connectivity index (χ2n) is 5.86. The summed E-state index contributed by atoms with van der Waals surface area (Å²) < 4.78 is 14.1. The molecule has 24 heavy (non-hydrogen) atoms. The van der Waals surface area contributed by atoms with Gasteiger partial charge in [-0.3, -0.25) is 4.79 Å². The Morgan fingerprint density at radius 2 is 1.96 bits per heavy atom. The molecule has 7 nitrogen and oxygen atoms in total. The van der Waals surface area contributed by atoms with Crippen LogP contribution in [-0.4, -0.2) is 38.0 Å². The van der Waals surface area contributed by atoms with E-state index in [0.717, 1.165) is 5.56 Å². The molecule has 2 rings (SSSR count). The Labute approximate surface area is 138 Å². The normalized spacial score (nSPS) is 12.2. The first kappa shape index (κ1) is 17.6. The number of nitrogens with one attached hydrogen (secondary N) is 1. The molecule has 0 aliphatic carbocycles. The SMILES string of the molecule is CC(C)C(Cc1ccc(F)cc1)NC(=O)Cn1cc(C(=O)O)nn1. The molecule has 8 heteroatoms. The predicted molar refractivity (Wildman–Crippen MR) is 83.9 cm³/mol. The molecule has 0 radical (unpaired) electrons. The van der Waals surface area contributed by atoms with Crippen molar-refractivity contribution in [2.75, 3.05) is 0 Å². The summed E-state index contributed by atoms with van der Waals surface area (Å²) in [6.07, 6.45) is 1.77. The fraction of sp³-hybridized carbons (Fsp3) is 0.375. The third kappa shape index (κ3) is 4.87. The molecule has 1 unspecified atom stereocenters. The van der Waals surface area contributed by atoms with Gasteiger partial charge in [-0.15, -0.1) is 5.10 Å². The molecule has 0 bridgehead atoms. The number of carboxylic acid groups (broad SMARTS) is 1. The maximum Gasteiger partial charge on any atom is 0.358 e. The lowest BCUT2D eigenvalue weighted by molar-refractivity contribution is -0.122. The van der Waals surface area contributed by atoms with Crippen molar-refractivity contribution in [3.05, 3.63) is 47.5 Å². The Morgan fingerprint density at radius 3 is 2.50 bits per heavy atom. The number of halogens is 1. The lowest BCUT2D eigenvalue weighted by Gasteiger charge is -2.22. The fourth-order valence-corrected chi connectivity index (χ4v) is 2.20. The Kier molecular flexibility index (Phi) is 5.62. The van der Waals surface area contributed by atoms with Crippen molar-refractivity contribution in [2.45, 2.75) is 32.9 Å². The molecule has 1 aromatic carbocycles. The van der Waals surface area contributed by atoms with Crippen molar-refractivity contribution in [3.63, 3.8) is 0 Å². The van der Waals surface area contributed by atoms with Crippen molar-refractivity contribution in [2.24, 2.45) is 5.92 Å². The van der Waals surface area contributed by atoms with Crippen molar-refractivity contribution < 1.29 is 19.1 Å². The number of hydrogen-bond acceptors (Lipinski definition) is 4. The topological polar surface area (TPSA) is 97.1 Å². The number of carbonyl (C=O) groups is 2. The molecule has 0 aliphatic rings. The van der Waals surface area contributed by atoms with Crippen LogP contribution in [0.3, 0.4) is 0 Å². The van der Waals surface area contributed by atoms with Crippen LogP contribution in [0.1, 0.15) is 29.9 Å². The van der Waals surface area contributed by atoms with E-state index in [4.69, 9.17) is 5.11 Å². The number of carboxylic acids is 1. The standard InChI is InChI=1S/C16H19FN4O3/c1-10(2)13(7-11-3-5-12(17)6-4-11)18-15(22)9-21-8-14(16(23)24)19-20-21/h3-6,8,10,13H,7,9H2,1-2H3,(H,18,22)(H,23,24). The molecule has 0 aliphatic heterocycles. The first-order valence-electron chi connectivity index (χ1n) is 7.52. The summed E-state index contributed by atoms with van der Waals surface area (Å²) in [4.78, 5) is 22.9. The average molecular weight is 334 g/mol. The third-order valence-corrected chi connectivity index (χ3v) is 3.58. The van der Waals surface area contributed by atoms with Gasteiger partial charge in [0.15, 0.2) is 5.69 Å². The molecular formula is C16H19FN4O3. The van der Waals surface area contributed by atoms with Gasteiger partial charge < -0.3 is 10.4 Å².